The van der Waals surface area contributed by atoms with E-state index in [0.29, 0.717) is 6.42 Å². The van der Waals surface area contributed by atoms with Crippen LogP contribution in [0.4, 0.5) is 14.5 Å². The van der Waals surface area contributed by atoms with E-state index in [-0.39, 0.29) is 23.7 Å². The molecule has 2 unspecified atom stereocenters. The number of nitrogens with one attached hydrogen (secondary N) is 3. The average molecular weight is 269 g/mol. The predicted octanol–water partition coefficient (Wildman–Crippen LogP) is 1.94. The van der Waals surface area contributed by atoms with E-state index in [4.69, 9.17) is 0 Å². The van der Waals surface area contributed by atoms with Gasteiger partial charge in [-0.25, -0.2) is 14.2 Å². The minimum atomic E-state index is -0.973. The number of rotatable bonds is 4. The monoisotopic (exact) mass is 269 g/mol. The van der Waals surface area contributed by atoms with Gasteiger partial charge in [-0.05, 0) is 25.0 Å². The van der Waals surface area contributed by atoms with Gasteiger partial charge in [0.2, 0.25) is 5.91 Å². The lowest BCUT2D eigenvalue weighted by Gasteiger charge is -2.10. The molecule has 2 rings (SSSR count). The topological polar surface area (TPSA) is 53.2 Å². The van der Waals surface area contributed by atoms with E-state index in [1.807, 2.05) is 0 Å². The van der Waals surface area contributed by atoms with Crippen LogP contribution in [0.5, 0.6) is 0 Å². The molecule has 2 atom stereocenters. The number of halogens is 2. The lowest BCUT2D eigenvalue weighted by Crippen LogP contribution is -2.40. The second-order valence-electron chi connectivity index (χ2n) is 4.68. The van der Waals surface area contributed by atoms with Gasteiger partial charge in [-0.3, -0.25) is 10.2 Å². The molecule has 1 amide bonds. The van der Waals surface area contributed by atoms with Crippen molar-refractivity contribution in [1.29, 1.82) is 0 Å². The molecule has 1 saturated heterocycles. The first kappa shape index (κ1) is 13.9. The van der Waals surface area contributed by atoms with Gasteiger partial charge < -0.3 is 5.32 Å². The number of hydrogen-bond donors (Lipinski definition) is 3. The van der Waals surface area contributed by atoms with Gasteiger partial charge in [0.25, 0.3) is 0 Å². The van der Waals surface area contributed by atoms with Crippen LogP contribution in [-0.2, 0) is 4.79 Å². The standard InChI is InChI=1S/C13H17F2N3O/c1-2-3-9-7-12(18-17-9)13(19)16-8-4-5-10(14)11(15)6-8/h4-6,9,12,17-18H,2-3,7H2,1H3,(H,16,19). The molecule has 0 aromatic heterocycles. The molecule has 104 valence electrons. The minimum Gasteiger partial charge on any atom is -0.325 e. The molecule has 4 nitrogen and oxygen atoms in total. The predicted molar refractivity (Wildman–Crippen MR) is 68.4 cm³/mol. The first-order chi connectivity index (χ1) is 9.10. The maximum Gasteiger partial charge on any atom is 0.242 e. The normalized spacial score (nSPS) is 22.5. The van der Waals surface area contributed by atoms with Gasteiger partial charge in [0.15, 0.2) is 11.6 Å². The lowest BCUT2D eigenvalue weighted by atomic mass is 10.1. The van der Waals surface area contributed by atoms with Crippen molar-refractivity contribution < 1.29 is 13.6 Å². The second-order valence-corrected chi connectivity index (χ2v) is 4.68. The first-order valence-corrected chi connectivity index (χ1v) is 6.37. The van der Waals surface area contributed by atoms with Crippen LogP contribution in [0.3, 0.4) is 0 Å². The maximum absolute atomic E-state index is 13.0. The first-order valence-electron chi connectivity index (χ1n) is 6.37. The SMILES string of the molecule is CCCC1CC(C(=O)Nc2ccc(F)c(F)c2)NN1. The van der Waals surface area contributed by atoms with Crippen LogP contribution in [0.2, 0.25) is 0 Å². The molecule has 1 aromatic rings. The van der Waals surface area contributed by atoms with E-state index in [9.17, 15) is 13.6 Å². The van der Waals surface area contributed by atoms with Crippen molar-refractivity contribution in [3.63, 3.8) is 0 Å². The summed E-state index contributed by atoms with van der Waals surface area (Å²) in [6.07, 6.45) is 2.71. The fraction of sp³-hybridized carbons (Fsp3) is 0.462. The third kappa shape index (κ3) is 3.48. The summed E-state index contributed by atoms with van der Waals surface area (Å²) >= 11 is 0. The molecule has 19 heavy (non-hydrogen) atoms. The van der Waals surface area contributed by atoms with Crippen LogP contribution in [0.25, 0.3) is 0 Å². The van der Waals surface area contributed by atoms with E-state index in [2.05, 4.69) is 23.1 Å². The highest BCUT2D eigenvalue weighted by atomic mass is 19.2. The highest BCUT2D eigenvalue weighted by molar-refractivity contribution is 5.95. The van der Waals surface area contributed by atoms with Crippen LogP contribution in [0.15, 0.2) is 18.2 Å². The number of hydrogen-bond acceptors (Lipinski definition) is 3. The van der Waals surface area contributed by atoms with Crippen LogP contribution in [0.1, 0.15) is 26.2 Å². The summed E-state index contributed by atoms with van der Waals surface area (Å²) in [5, 5.41) is 2.57. The van der Waals surface area contributed by atoms with Crippen molar-refractivity contribution in [1.82, 2.24) is 10.9 Å². The van der Waals surface area contributed by atoms with E-state index in [0.717, 1.165) is 25.0 Å². The molecule has 0 spiro atoms. The molecule has 0 bridgehead atoms. The van der Waals surface area contributed by atoms with Crippen LogP contribution >= 0.6 is 0 Å². The molecule has 0 radical (unpaired) electrons. The summed E-state index contributed by atoms with van der Waals surface area (Å²) in [7, 11) is 0. The molecule has 1 aromatic carbocycles. The van der Waals surface area contributed by atoms with Gasteiger partial charge in [-0.2, -0.15) is 0 Å². The van der Waals surface area contributed by atoms with Crippen molar-refractivity contribution in [3.05, 3.63) is 29.8 Å². The second kappa shape index (κ2) is 6.08. The molecule has 0 saturated carbocycles. The number of amides is 1. The molecule has 0 aliphatic carbocycles. The highest BCUT2D eigenvalue weighted by Crippen LogP contribution is 2.15. The van der Waals surface area contributed by atoms with Gasteiger partial charge in [0.05, 0.1) is 0 Å². The van der Waals surface area contributed by atoms with Crippen molar-refractivity contribution in [2.75, 3.05) is 5.32 Å². The lowest BCUT2D eigenvalue weighted by molar-refractivity contribution is -0.117. The Bertz CT molecular complexity index is 467. The quantitative estimate of drug-likeness (QED) is 0.783. The van der Waals surface area contributed by atoms with Gasteiger partial charge in [-0.1, -0.05) is 13.3 Å². The van der Waals surface area contributed by atoms with Gasteiger partial charge in [-0.15, -0.1) is 0 Å². The summed E-state index contributed by atoms with van der Waals surface area (Å²) in [6, 6.07) is 3.21. The molecule has 1 aliphatic heterocycles. The zero-order chi connectivity index (χ0) is 13.8. The number of benzene rings is 1. The van der Waals surface area contributed by atoms with Gasteiger partial charge in [0.1, 0.15) is 6.04 Å². The minimum absolute atomic E-state index is 0.253. The number of hydrazine groups is 1. The summed E-state index contributed by atoms with van der Waals surface area (Å²) in [4.78, 5) is 11.9. The fourth-order valence-corrected chi connectivity index (χ4v) is 2.14. The Labute approximate surface area is 110 Å². The van der Waals surface area contributed by atoms with E-state index in [1.165, 1.54) is 6.07 Å². The van der Waals surface area contributed by atoms with E-state index >= 15 is 0 Å². The Morgan fingerprint density at radius 3 is 2.84 bits per heavy atom. The van der Waals surface area contributed by atoms with Gasteiger partial charge >= 0.3 is 0 Å². The Balaban J connectivity index is 1.92. The largest absolute Gasteiger partial charge is 0.325 e. The summed E-state index contributed by atoms with van der Waals surface area (Å²) in [5.41, 5.74) is 6.21. The maximum atomic E-state index is 13.0. The Morgan fingerprint density at radius 1 is 1.37 bits per heavy atom. The van der Waals surface area contributed by atoms with Crippen LogP contribution < -0.4 is 16.2 Å². The zero-order valence-corrected chi connectivity index (χ0v) is 10.7. The molecule has 1 heterocycles. The number of anilines is 1. The highest BCUT2D eigenvalue weighted by Gasteiger charge is 2.28. The Hall–Kier alpha value is -1.53. The van der Waals surface area contributed by atoms with Crippen molar-refractivity contribution in [2.24, 2.45) is 0 Å². The summed E-state index contributed by atoms with van der Waals surface area (Å²) in [5.74, 6) is -2.15. The molecular weight excluding hydrogens is 252 g/mol. The van der Waals surface area contributed by atoms with Crippen molar-refractivity contribution in [3.8, 4) is 0 Å². The number of carbonyl (C=O) groups is 1. The number of carbonyl (C=O) groups excluding carboxylic acids is 1. The molecule has 6 heteroatoms. The summed E-state index contributed by atoms with van der Waals surface area (Å²) in [6.45, 7) is 2.08. The Kier molecular flexibility index (Phi) is 4.44. The fourth-order valence-electron chi connectivity index (χ4n) is 2.14. The summed E-state index contributed by atoms with van der Waals surface area (Å²) < 4.78 is 25.8. The van der Waals surface area contributed by atoms with E-state index < -0.39 is 11.6 Å². The molecular formula is C13H17F2N3O. The smallest absolute Gasteiger partial charge is 0.242 e. The van der Waals surface area contributed by atoms with Crippen molar-refractivity contribution in [2.45, 2.75) is 38.3 Å². The molecule has 3 N–H and O–H groups in total. The Morgan fingerprint density at radius 2 is 2.16 bits per heavy atom. The van der Waals surface area contributed by atoms with E-state index in [1.54, 1.807) is 0 Å². The molecule has 1 aliphatic rings. The van der Waals surface area contributed by atoms with Crippen LogP contribution in [-0.4, -0.2) is 18.0 Å². The average Bonchev–Trinajstić information content (AvgIpc) is 2.83. The molecule has 1 fully saturated rings. The van der Waals surface area contributed by atoms with Crippen LogP contribution in [0, 0.1) is 11.6 Å². The third-order valence-electron chi connectivity index (χ3n) is 3.12. The third-order valence-corrected chi connectivity index (χ3v) is 3.12. The van der Waals surface area contributed by atoms with Gasteiger partial charge in [0, 0.05) is 17.8 Å². The zero-order valence-electron chi connectivity index (χ0n) is 10.7. The van der Waals surface area contributed by atoms with Crippen molar-refractivity contribution >= 4 is 11.6 Å².